The molecule has 0 spiro atoms. The van der Waals surface area contributed by atoms with Crippen molar-refractivity contribution >= 4 is 6.03 Å². The molecule has 0 radical (unpaired) electrons. The van der Waals surface area contributed by atoms with Gasteiger partial charge in [0.05, 0.1) is 13.2 Å². The van der Waals surface area contributed by atoms with Crippen LogP contribution in [0.4, 0.5) is 4.79 Å². The molecule has 1 rings (SSSR count). The standard InChI is InChI=1S/C15H31N3O3/c1-13(2)11-14(18-6-9-21-10-7-18)12-17-15(19)16-5-4-8-20-3/h13-14H,4-12H2,1-3H3,(H2,16,17,19). The van der Waals surface area contributed by atoms with Crippen LogP contribution in [0, 0.1) is 5.92 Å². The zero-order valence-corrected chi connectivity index (χ0v) is 13.7. The Bertz CT molecular complexity index is 281. The highest BCUT2D eigenvalue weighted by atomic mass is 16.5. The SMILES string of the molecule is COCCCNC(=O)NCC(CC(C)C)N1CCOCC1. The van der Waals surface area contributed by atoms with Crippen LogP contribution in [-0.4, -0.2) is 70.1 Å². The lowest BCUT2D eigenvalue weighted by Crippen LogP contribution is -2.50. The Balaban J connectivity index is 2.29. The van der Waals surface area contributed by atoms with E-state index in [1.807, 2.05) is 0 Å². The lowest BCUT2D eigenvalue weighted by Gasteiger charge is -2.35. The fraction of sp³-hybridized carbons (Fsp3) is 0.933. The van der Waals surface area contributed by atoms with Gasteiger partial charge in [-0.3, -0.25) is 4.90 Å². The molecule has 2 N–H and O–H groups in total. The molecule has 1 aliphatic heterocycles. The van der Waals surface area contributed by atoms with Gasteiger partial charge in [0, 0.05) is 45.9 Å². The minimum Gasteiger partial charge on any atom is -0.385 e. The molecule has 6 nitrogen and oxygen atoms in total. The van der Waals surface area contributed by atoms with E-state index in [1.165, 1.54) is 0 Å². The zero-order valence-electron chi connectivity index (χ0n) is 13.7. The fourth-order valence-corrected chi connectivity index (χ4v) is 2.54. The second-order valence-corrected chi connectivity index (χ2v) is 5.91. The average Bonchev–Trinajstić information content (AvgIpc) is 2.48. The molecule has 1 atom stereocenters. The van der Waals surface area contributed by atoms with Crippen LogP contribution in [0.1, 0.15) is 26.7 Å². The number of urea groups is 1. The van der Waals surface area contributed by atoms with Crippen molar-refractivity contribution in [2.75, 3.05) is 53.1 Å². The molecule has 1 unspecified atom stereocenters. The molecular formula is C15H31N3O3. The number of carbonyl (C=O) groups is 1. The predicted molar refractivity (Wildman–Crippen MR) is 83.5 cm³/mol. The number of nitrogens with zero attached hydrogens (tertiary/aromatic N) is 1. The van der Waals surface area contributed by atoms with Gasteiger partial charge in [-0.1, -0.05) is 13.8 Å². The Kier molecular flexibility index (Phi) is 9.37. The van der Waals surface area contributed by atoms with Gasteiger partial charge >= 0.3 is 6.03 Å². The van der Waals surface area contributed by atoms with Gasteiger partial charge in [-0.25, -0.2) is 4.79 Å². The van der Waals surface area contributed by atoms with Crippen LogP contribution in [0.2, 0.25) is 0 Å². The van der Waals surface area contributed by atoms with Gasteiger partial charge in [0.2, 0.25) is 0 Å². The van der Waals surface area contributed by atoms with E-state index in [1.54, 1.807) is 7.11 Å². The summed E-state index contributed by atoms with van der Waals surface area (Å²) in [5.41, 5.74) is 0. The third-order valence-corrected chi connectivity index (χ3v) is 3.61. The third-order valence-electron chi connectivity index (χ3n) is 3.61. The van der Waals surface area contributed by atoms with Crippen molar-refractivity contribution in [3.8, 4) is 0 Å². The summed E-state index contributed by atoms with van der Waals surface area (Å²) < 4.78 is 10.4. The van der Waals surface area contributed by atoms with Crippen molar-refractivity contribution in [1.29, 1.82) is 0 Å². The third kappa shape index (κ3) is 8.24. The summed E-state index contributed by atoms with van der Waals surface area (Å²) in [5, 5.41) is 5.84. The first kappa shape index (κ1) is 18.2. The normalized spacial score (nSPS) is 17.7. The summed E-state index contributed by atoms with van der Waals surface area (Å²) in [6, 6.07) is 0.298. The number of ether oxygens (including phenoxy) is 2. The highest BCUT2D eigenvalue weighted by molar-refractivity contribution is 5.73. The maximum atomic E-state index is 11.8. The van der Waals surface area contributed by atoms with E-state index < -0.39 is 0 Å². The van der Waals surface area contributed by atoms with Crippen molar-refractivity contribution in [3.05, 3.63) is 0 Å². The maximum absolute atomic E-state index is 11.8. The van der Waals surface area contributed by atoms with Crippen LogP contribution in [-0.2, 0) is 9.47 Å². The van der Waals surface area contributed by atoms with E-state index in [0.717, 1.165) is 39.1 Å². The van der Waals surface area contributed by atoms with Crippen LogP contribution >= 0.6 is 0 Å². The van der Waals surface area contributed by atoms with Gasteiger partial charge in [-0.2, -0.15) is 0 Å². The van der Waals surface area contributed by atoms with Crippen LogP contribution in [0.3, 0.4) is 0 Å². The van der Waals surface area contributed by atoms with Crippen LogP contribution in [0.25, 0.3) is 0 Å². The second kappa shape index (κ2) is 10.8. The molecule has 0 saturated carbocycles. The molecule has 0 aromatic rings. The predicted octanol–water partition coefficient (Wildman–Crippen LogP) is 1.07. The number of rotatable bonds is 9. The Morgan fingerprint density at radius 2 is 2.00 bits per heavy atom. The van der Waals surface area contributed by atoms with Crippen molar-refractivity contribution in [2.24, 2.45) is 5.92 Å². The number of morpholine rings is 1. The van der Waals surface area contributed by atoms with Gasteiger partial charge in [-0.15, -0.1) is 0 Å². The van der Waals surface area contributed by atoms with Gasteiger partial charge in [-0.05, 0) is 18.8 Å². The summed E-state index contributed by atoms with van der Waals surface area (Å²) >= 11 is 0. The van der Waals surface area contributed by atoms with Crippen molar-refractivity contribution in [2.45, 2.75) is 32.7 Å². The summed E-state index contributed by atoms with van der Waals surface area (Å²) in [6.07, 6.45) is 1.92. The number of nitrogens with one attached hydrogen (secondary N) is 2. The highest BCUT2D eigenvalue weighted by Crippen LogP contribution is 2.12. The van der Waals surface area contributed by atoms with E-state index in [-0.39, 0.29) is 6.03 Å². The minimum atomic E-state index is -0.0897. The first-order valence-electron chi connectivity index (χ1n) is 7.96. The van der Waals surface area contributed by atoms with Gasteiger partial charge < -0.3 is 20.1 Å². The average molecular weight is 301 g/mol. The quantitative estimate of drug-likeness (QED) is 0.625. The number of hydrogen-bond acceptors (Lipinski definition) is 4. The highest BCUT2D eigenvalue weighted by Gasteiger charge is 2.22. The van der Waals surface area contributed by atoms with Crippen LogP contribution in [0.5, 0.6) is 0 Å². The Labute approximate surface area is 128 Å². The molecule has 0 aromatic carbocycles. The summed E-state index contributed by atoms with van der Waals surface area (Å²) in [5.74, 6) is 0.615. The molecule has 1 aliphatic rings. The first-order chi connectivity index (χ1) is 10.1. The number of carbonyl (C=O) groups excluding carboxylic acids is 1. The molecule has 1 heterocycles. The van der Waals surface area contributed by atoms with Gasteiger partial charge in [0.25, 0.3) is 0 Å². The molecule has 6 heteroatoms. The molecule has 21 heavy (non-hydrogen) atoms. The Morgan fingerprint density at radius 1 is 1.29 bits per heavy atom. The van der Waals surface area contributed by atoms with Crippen LogP contribution in [0.15, 0.2) is 0 Å². The first-order valence-corrected chi connectivity index (χ1v) is 7.96. The second-order valence-electron chi connectivity index (χ2n) is 5.91. The monoisotopic (exact) mass is 301 g/mol. The lowest BCUT2D eigenvalue weighted by molar-refractivity contribution is 0.0129. The lowest BCUT2D eigenvalue weighted by atomic mass is 10.0. The van der Waals surface area contributed by atoms with Crippen LogP contribution < -0.4 is 10.6 Å². The largest absolute Gasteiger partial charge is 0.385 e. The smallest absolute Gasteiger partial charge is 0.314 e. The van der Waals surface area contributed by atoms with E-state index in [0.29, 0.717) is 31.7 Å². The minimum absolute atomic E-state index is 0.0897. The molecule has 0 aliphatic carbocycles. The molecule has 1 fully saturated rings. The Morgan fingerprint density at radius 3 is 2.62 bits per heavy atom. The van der Waals surface area contributed by atoms with E-state index >= 15 is 0 Å². The van der Waals surface area contributed by atoms with E-state index in [4.69, 9.17) is 9.47 Å². The van der Waals surface area contributed by atoms with Crippen molar-refractivity contribution in [3.63, 3.8) is 0 Å². The number of amides is 2. The van der Waals surface area contributed by atoms with Gasteiger partial charge in [0.15, 0.2) is 0 Å². The van der Waals surface area contributed by atoms with Crippen molar-refractivity contribution in [1.82, 2.24) is 15.5 Å². The molecule has 0 aromatic heterocycles. The summed E-state index contributed by atoms with van der Waals surface area (Å²) in [6.45, 7) is 9.93. The molecule has 0 bridgehead atoms. The van der Waals surface area contributed by atoms with E-state index in [9.17, 15) is 4.79 Å². The topological polar surface area (TPSA) is 62.8 Å². The zero-order chi connectivity index (χ0) is 15.5. The molecule has 2 amide bonds. The van der Waals surface area contributed by atoms with Crippen molar-refractivity contribution < 1.29 is 14.3 Å². The Hall–Kier alpha value is -0.850. The van der Waals surface area contributed by atoms with E-state index in [2.05, 4.69) is 29.4 Å². The number of hydrogen-bond donors (Lipinski definition) is 2. The fourth-order valence-electron chi connectivity index (χ4n) is 2.54. The van der Waals surface area contributed by atoms with Gasteiger partial charge in [0.1, 0.15) is 0 Å². The molecular weight excluding hydrogens is 270 g/mol. The summed E-state index contributed by atoms with van der Waals surface area (Å²) in [7, 11) is 1.67. The molecule has 1 saturated heterocycles. The summed E-state index contributed by atoms with van der Waals surface area (Å²) in [4.78, 5) is 14.2. The maximum Gasteiger partial charge on any atom is 0.314 e. The molecule has 124 valence electrons. The number of methoxy groups -OCH3 is 1.